The van der Waals surface area contributed by atoms with Gasteiger partial charge in [0.2, 0.25) is 0 Å². The number of aryl methyl sites for hydroxylation is 1. The molecule has 0 spiro atoms. The number of hydrogen-bond donors (Lipinski definition) is 1. The number of carbonyl (C=O) groups is 1. The molecule has 0 aromatic heterocycles. The van der Waals surface area contributed by atoms with Crippen LogP contribution in [0.25, 0.3) is 0 Å². The smallest absolute Gasteiger partial charge is 0.306 e. The Bertz CT molecular complexity index is 447. The lowest BCUT2D eigenvalue weighted by Gasteiger charge is -2.27. The fraction of sp³-hybridized carbons (Fsp3) is 0.462. The third kappa shape index (κ3) is 2.24. The van der Waals surface area contributed by atoms with Gasteiger partial charge in [-0.05, 0) is 36.1 Å². The normalized spacial score (nSPS) is 22.3. The highest BCUT2D eigenvalue weighted by atomic mass is 79.9. The number of hydrogen-bond acceptors (Lipinski definition) is 3. The van der Waals surface area contributed by atoms with E-state index in [-0.39, 0.29) is 11.4 Å². The first-order valence-corrected chi connectivity index (χ1v) is 6.46. The van der Waals surface area contributed by atoms with Gasteiger partial charge in [0.25, 0.3) is 0 Å². The molecule has 1 aromatic rings. The second-order valence-corrected chi connectivity index (χ2v) is 5.45. The minimum Gasteiger partial charge on any atom is -0.469 e. The molecule has 0 saturated heterocycles. The maximum atomic E-state index is 11.5. The molecule has 2 rings (SSSR count). The summed E-state index contributed by atoms with van der Waals surface area (Å²) in [4.78, 5) is 11.5. The van der Waals surface area contributed by atoms with Crippen molar-refractivity contribution >= 4 is 21.9 Å². The van der Waals surface area contributed by atoms with Gasteiger partial charge in [-0.25, -0.2) is 0 Å². The fourth-order valence-electron chi connectivity index (χ4n) is 2.61. The van der Waals surface area contributed by atoms with Crippen molar-refractivity contribution in [2.45, 2.75) is 24.7 Å². The van der Waals surface area contributed by atoms with E-state index in [9.17, 15) is 4.79 Å². The second-order valence-electron chi connectivity index (χ2n) is 4.54. The SMILES string of the molecule is COC(=O)CC1(CN)CCc2cc(Br)ccc21. The lowest BCUT2D eigenvalue weighted by molar-refractivity contribution is -0.142. The largest absolute Gasteiger partial charge is 0.469 e. The summed E-state index contributed by atoms with van der Waals surface area (Å²) >= 11 is 3.47. The van der Waals surface area contributed by atoms with E-state index >= 15 is 0 Å². The van der Waals surface area contributed by atoms with E-state index in [1.165, 1.54) is 18.2 Å². The molecule has 1 aromatic carbocycles. The zero-order valence-electron chi connectivity index (χ0n) is 9.83. The van der Waals surface area contributed by atoms with E-state index in [4.69, 9.17) is 10.5 Å². The lowest BCUT2D eigenvalue weighted by atomic mass is 9.79. The monoisotopic (exact) mass is 297 g/mol. The average molecular weight is 298 g/mol. The molecule has 92 valence electrons. The fourth-order valence-corrected chi connectivity index (χ4v) is 3.02. The summed E-state index contributed by atoms with van der Waals surface area (Å²) in [6.45, 7) is 0.483. The van der Waals surface area contributed by atoms with Gasteiger partial charge in [0.15, 0.2) is 0 Å². The Labute approximate surface area is 109 Å². The maximum absolute atomic E-state index is 11.5. The van der Waals surface area contributed by atoms with Gasteiger partial charge in [-0.1, -0.05) is 22.0 Å². The van der Waals surface area contributed by atoms with Gasteiger partial charge >= 0.3 is 5.97 Å². The molecule has 4 heteroatoms. The van der Waals surface area contributed by atoms with Crippen LogP contribution in [-0.4, -0.2) is 19.6 Å². The third-order valence-electron chi connectivity index (χ3n) is 3.61. The van der Waals surface area contributed by atoms with E-state index < -0.39 is 0 Å². The van der Waals surface area contributed by atoms with Gasteiger partial charge < -0.3 is 10.5 Å². The van der Waals surface area contributed by atoms with E-state index in [1.54, 1.807) is 0 Å². The highest BCUT2D eigenvalue weighted by molar-refractivity contribution is 9.10. The summed E-state index contributed by atoms with van der Waals surface area (Å²) < 4.78 is 5.85. The molecule has 0 radical (unpaired) electrons. The molecule has 0 saturated carbocycles. The Kier molecular flexibility index (Phi) is 3.54. The van der Waals surface area contributed by atoms with Crippen LogP contribution in [0.5, 0.6) is 0 Å². The minimum atomic E-state index is -0.233. The van der Waals surface area contributed by atoms with Crippen LogP contribution in [0.1, 0.15) is 24.0 Å². The summed E-state index contributed by atoms with van der Waals surface area (Å²) in [7, 11) is 1.42. The van der Waals surface area contributed by atoms with Crippen LogP contribution >= 0.6 is 15.9 Å². The lowest BCUT2D eigenvalue weighted by Crippen LogP contribution is -2.35. The Morgan fingerprint density at radius 3 is 3.00 bits per heavy atom. The molecule has 3 nitrogen and oxygen atoms in total. The molecule has 0 heterocycles. The molecule has 2 N–H and O–H groups in total. The van der Waals surface area contributed by atoms with Crippen molar-refractivity contribution in [3.05, 3.63) is 33.8 Å². The Morgan fingerprint density at radius 2 is 2.35 bits per heavy atom. The van der Waals surface area contributed by atoms with Gasteiger partial charge in [0, 0.05) is 16.4 Å². The average Bonchev–Trinajstić information content (AvgIpc) is 2.68. The van der Waals surface area contributed by atoms with E-state index in [1.807, 2.05) is 6.07 Å². The van der Waals surface area contributed by atoms with Crippen LogP contribution in [-0.2, 0) is 21.4 Å². The van der Waals surface area contributed by atoms with Gasteiger partial charge in [-0.2, -0.15) is 0 Å². The molecule has 1 atom stereocenters. The standard InChI is InChI=1S/C13H16BrNO2/c1-17-12(16)7-13(8-15)5-4-9-6-10(14)2-3-11(9)13/h2-3,6H,4-5,7-8,15H2,1H3. The minimum absolute atomic E-state index is 0.189. The summed E-state index contributed by atoms with van der Waals surface area (Å²) in [6.07, 6.45) is 2.27. The number of nitrogens with two attached hydrogens (primary N) is 1. The molecule has 1 aliphatic rings. The van der Waals surface area contributed by atoms with E-state index in [0.29, 0.717) is 13.0 Å². The molecule has 0 bridgehead atoms. The molecular weight excluding hydrogens is 282 g/mol. The number of rotatable bonds is 3. The third-order valence-corrected chi connectivity index (χ3v) is 4.11. The summed E-state index contributed by atoms with van der Waals surface area (Å²) in [5.41, 5.74) is 8.16. The van der Waals surface area contributed by atoms with Crippen molar-refractivity contribution in [2.24, 2.45) is 5.73 Å². The summed E-state index contributed by atoms with van der Waals surface area (Å²) in [5, 5.41) is 0. The highest BCUT2D eigenvalue weighted by Gasteiger charge is 2.39. The number of halogens is 1. The number of esters is 1. The first kappa shape index (κ1) is 12.6. The van der Waals surface area contributed by atoms with Crippen molar-refractivity contribution in [3.63, 3.8) is 0 Å². The molecular formula is C13H16BrNO2. The van der Waals surface area contributed by atoms with Crippen molar-refractivity contribution in [2.75, 3.05) is 13.7 Å². The number of carbonyl (C=O) groups excluding carboxylic acids is 1. The Balaban J connectivity index is 2.37. The van der Waals surface area contributed by atoms with Gasteiger partial charge in [0.05, 0.1) is 13.5 Å². The van der Waals surface area contributed by atoms with Crippen molar-refractivity contribution in [1.82, 2.24) is 0 Å². The molecule has 1 unspecified atom stereocenters. The first-order valence-electron chi connectivity index (χ1n) is 5.67. The molecule has 0 aliphatic heterocycles. The Morgan fingerprint density at radius 1 is 1.59 bits per heavy atom. The molecule has 0 fully saturated rings. The summed E-state index contributed by atoms with van der Waals surface area (Å²) in [6, 6.07) is 6.19. The molecule has 17 heavy (non-hydrogen) atoms. The summed E-state index contributed by atoms with van der Waals surface area (Å²) in [5.74, 6) is -0.189. The van der Waals surface area contributed by atoms with Crippen LogP contribution in [0.3, 0.4) is 0 Å². The highest BCUT2D eigenvalue weighted by Crippen LogP contribution is 2.42. The van der Waals surface area contributed by atoms with Crippen molar-refractivity contribution < 1.29 is 9.53 Å². The van der Waals surface area contributed by atoms with Gasteiger partial charge in [-0.15, -0.1) is 0 Å². The van der Waals surface area contributed by atoms with Crippen LogP contribution < -0.4 is 5.73 Å². The van der Waals surface area contributed by atoms with Crippen molar-refractivity contribution in [3.8, 4) is 0 Å². The maximum Gasteiger partial charge on any atom is 0.306 e. The zero-order chi connectivity index (χ0) is 12.5. The predicted octanol–water partition coefficient (Wildman–Crippen LogP) is 2.15. The van der Waals surface area contributed by atoms with Crippen molar-refractivity contribution in [1.29, 1.82) is 0 Å². The topological polar surface area (TPSA) is 52.3 Å². The second kappa shape index (κ2) is 4.78. The number of benzene rings is 1. The predicted molar refractivity (Wildman–Crippen MR) is 69.8 cm³/mol. The molecule has 0 amide bonds. The number of fused-ring (bicyclic) bond motifs is 1. The van der Waals surface area contributed by atoms with Crippen LogP contribution in [0.2, 0.25) is 0 Å². The van der Waals surface area contributed by atoms with Crippen LogP contribution in [0.4, 0.5) is 0 Å². The van der Waals surface area contributed by atoms with Gasteiger partial charge in [0.1, 0.15) is 0 Å². The van der Waals surface area contributed by atoms with Gasteiger partial charge in [-0.3, -0.25) is 4.79 Å². The zero-order valence-corrected chi connectivity index (χ0v) is 11.4. The Hall–Kier alpha value is -0.870. The quantitative estimate of drug-likeness (QED) is 0.870. The molecule has 1 aliphatic carbocycles. The van der Waals surface area contributed by atoms with Crippen LogP contribution in [0, 0.1) is 0 Å². The number of ether oxygens (including phenoxy) is 1. The van der Waals surface area contributed by atoms with Crippen LogP contribution in [0.15, 0.2) is 22.7 Å². The number of methoxy groups -OCH3 is 1. The van der Waals surface area contributed by atoms with E-state index in [2.05, 4.69) is 28.1 Å². The van der Waals surface area contributed by atoms with E-state index in [0.717, 1.165) is 17.3 Å². The first-order chi connectivity index (χ1) is 8.11.